The van der Waals surface area contributed by atoms with E-state index in [1.54, 1.807) is 13.0 Å². The summed E-state index contributed by atoms with van der Waals surface area (Å²) in [6, 6.07) is 4.49. The number of aryl methyl sites for hydroxylation is 1. The lowest BCUT2D eigenvalue weighted by Crippen LogP contribution is -2.20. The second-order valence-corrected chi connectivity index (χ2v) is 7.39. The molecule has 0 spiro atoms. The third kappa shape index (κ3) is 3.72. The van der Waals surface area contributed by atoms with Crippen LogP contribution < -0.4 is 15.6 Å². The van der Waals surface area contributed by atoms with Crippen molar-refractivity contribution in [3.63, 3.8) is 0 Å². The van der Waals surface area contributed by atoms with Gasteiger partial charge >= 0.3 is 0 Å². The molecule has 0 amide bonds. The monoisotopic (exact) mass is 376 g/mol. The first-order valence-corrected chi connectivity index (χ1v) is 9.37. The van der Waals surface area contributed by atoms with E-state index in [1.807, 2.05) is 0 Å². The van der Waals surface area contributed by atoms with Crippen molar-refractivity contribution in [2.24, 2.45) is 0 Å². The van der Waals surface area contributed by atoms with Crippen LogP contribution in [0.5, 0.6) is 0 Å². The van der Waals surface area contributed by atoms with Gasteiger partial charge in [-0.3, -0.25) is 9.52 Å². The molecular formula is C15H16N6O4S. The lowest BCUT2D eigenvalue weighted by atomic mass is 10.2. The van der Waals surface area contributed by atoms with Crippen LogP contribution in [0.4, 0.5) is 11.5 Å². The smallest absolute Gasteiger partial charge is 0.286 e. The van der Waals surface area contributed by atoms with Crippen molar-refractivity contribution >= 4 is 32.6 Å². The maximum Gasteiger partial charge on any atom is 0.286 e. The van der Waals surface area contributed by atoms with E-state index in [9.17, 15) is 18.4 Å². The molecule has 0 saturated carbocycles. The van der Waals surface area contributed by atoms with Crippen LogP contribution in [0.1, 0.15) is 11.3 Å². The van der Waals surface area contributed by atoms with Gasteiger partial charge in [-0.2, -0.15) is 0 Å². The minimum atomic E-state index is -3.39. The van der Waals surface area contributed by atoms with Gasteiger partial charge in [0.1, 0.15) is 12.1 Å². The van der Waals surface area contributed by atoms with Crippen LogP contribution in [0.25, 0.3) is 11.0 Å². The molecule has 3 aromatic rings. The molecule has 0 unspecified atom stereocenters. The number of pyridine rings is 2. The highest BCUT2D eigenvalue weighted by atomic mass is 32.2. The summed E-state index contributed by atoms with van der Waals surface area (Å²) < 4.78 is 25.1. The van der Waals surface area contributed by atoms with Crippen molar-refractivity contribution < 1.29 is 13.6 Å². The van der Waals surface area contributed by atoms with Crippen LogP contribution in [0, 0.1) is 6.92 Å². The van der Waals surface area contributed by atoms with Gasteiger partial charge in [0, 0.05) is 18.8 Å². The highest BCUT2D eigenvalue weighted by Gasteiger charge is 2.12. The molecule has 3 heterocycles. The molecule has 11 heteroatoms. The van der Waals surface area contributed by atoms with Gasteiger partial charge in [-0.15, -0.1) is 4.73 Å². The SMILES string of the molecule is Cc1ncnc2c1c(NCc1ccc(NS(C)(=O)=O)nc1)cc(=O)n2O. The predicted molar refractivity (Wildman–Crippen MR) is 95.7 cm³/mol. The van der Waals surface area contributed by atoms with E-state index in [4.69, 9.17) is 0 Å². The lowest BCUT2D eigenvalue weighted by molar-refractivity contribution is 0.186. The van der Waals surface area contributed by atoms with Gasteiger partial charge < -0.3 is 10.5 Å². The van der Waals surface area contributed by atoms with Crippen LogP contribution in [0.2, 0.25) is 0 Å². The Hall–Kier alpha value is -3.21. The number of nitrogens with one attached hydrogen (secondary N) is 2. The number of anilines is 2. The molecule has 0 aromatic carbocycles. The highest BCUT2D eigenvalue weighted by Crippen LogP contribution is 2.22. The molecule has 0 bridgehead atoms. The molecule has 0 aliphatic rings. The summed E-state index contributed by atoms with van der Waals surface area (Å²) in [5.41, 5.74) is 1.33. The van der Waals surface area contributed by atoms with Crippen molar-refractivity contribution in [3.05, 3.63) is 52.3 Å². The normalized spacial score (nSPS) is 11.5. The minimum absolute atomic E-state index is 0.110. The van der Waals surface area contributed by atoms with Crippen molar-refractivity contribution in [1.82, 2.24) is 19.7 Å². The molecule has 3 aromatic heterocycles. The summed E-state index contributed by atoms with van der Waals surface area (Å²) >= 11 is 0. The average molecular weight is 376 g/mol. The van der Waals surface area contributed by atoms with Crippen molar-refractivity contribution in [1.29, 1.82) is 0 Å². The Labute approximate surface area is 148 Å². The van der Waals surface area contributed by atoms with E-state index >= 15 is 0 Å². The summed E-state index contributed by atoms with van der Waals surface area (Å²) in [6.45, 7) is 2.07. The van der Waals surface area contributed by atoms with Crippen molar-refractivity contribution in [3.8, 4) is 0 Å². The summed E-state index contributed by atoms with van der Waals surface area (Å²) in [4.78, 5) is 23.9. The fraction of sp³-hybridized carbons (Fsp3) is 0.200. The van der Waals surface area contributed by atoms with Gasteiger partial charge in [-0.05, 0) is 18.6 Å². The quantitative estimate of drug-likeness (QED) is 0.554. The standard InChI is InChI=1S/C15H16N6O4S/c1-9-14-11(5-13(22)21(23)15(14)19-8-18-9)16-6-10-3-4-12(17-7-10)20-26(2,24)25/h3-5,7-8,16,23H,6H2,1-2H3,(H,17,20). The molecule has 3 N–H and O–H groups in total. The number of rotatable bonds is 5. The summed E-state index contributed by atoms with van der Waals surface area (Å²) in [6.07, 6.45) is 3.83. The fourth-order valence-corrected chi connectivity index (χ4v) is 2.91. The predicted octanol–water partition coefficient (Wildman–Crippen LogP) is 0.716. The van der Waals surface area contributed by atoms with Crippen LogP contribution in [-0.2, 0) is 16.6 Å². The first kappa shape index (κ1) is 17.6. The first-order valence-electron chi connectivity index (χ1n) is 7.48. The van der Waals surface area contributed by atoms with Gasteiger partial charge in [-0.1, -0.05) is 6.07 Å². The third-order valence-corrected chi connectivity index (χ3v) is 4.14. The Morgan fingerprint density at radius 1 is 1.23 bits per heavy atom. The summed E-state index contributed by atoms with van der Waals surface area (Å²) in [5, 5.41) is 13.5. The van der Waals surface area contributed by atoms with Crippen molar-refractivity contribution in [2.45, 2.75) is 13.5 Å². The van der Waals surface area contributed by atoms with Gasteiger partial charge in [0.25, 0.3) is 5.56 Å². The van der Waals surface area contributed by atoms with E-state index < -0.39 is 15.6 Å². The molecule has 0 aliphatic heterocycles. The van der Waals surface area contributed by atoms with Crippen LogP contribution in [-0.4, -0.2) is 39.6 Å². The van der Waals surface area contributed by atoms with E-state index in [-0.39, 0.29) is 11.5 Å². The maximum atomic E-state index is 11.9. The van der Waals surface area contributed by atoms with E-state index in [2.05, 4.69) is 25.0 Å². The molecule has 0 radical (unpaired) electrons. The second-order valence-electron chi connectivity index (χ2n) is 5.65. The molecule has 0 aliphatic carbocycles. The second kappa shape index (κ2) is 6.59. The molecule has 0 saturated heterocycles. The summed E-state index contributed by atoms with van der Waals surface area (Å²) in [5.74, 6) is 0.217. The molecule has 3 rings (SSSR count). The number of fused-ring (bicyclic) bond motifs is 1. The molecule has 26 heavy (non-hydrogen) atoms. The Bertz CT molecular complexity index is 1130. The molecule has 10 nitrogen and oxygen atoms in total. The Morgan fingerprint density at radius 3 is 2.65 bits per heavy atom. The lowest BCUT2D eigenvalue weighted by Gasteiger charge is -2.12. The third-order valence-electron chi connectivity index (χ3n) is 3.56. The molecule has 0 fully saturated rings. The topological polar surface area (TPSA) is 139 Å². The Balaban J connectivity index is 1.86. The van der Waals surface area contributed by atoms with Crippen LogP contribution in [0.3, 0.4) is 0 Å². The van der Waals surface area contributed by atoms with Crippen LogP contribution >= 0.6 is 0 Å². The number of aromatic nitrogens is 4. The van der Waals surface area contributed by atoms with Crippen LogP contribution in [0.15, 0.2) is 35.5 Å². The Morgan fingerprint density at radius 2 is 2.00 bits per heavy atom. The van der Waals surface area contributed by atoms with Gasteiger partial charge in [0.15, 0.2) is 5.65 Å². The Kier molecular flexibility index (Phi) is 4.47. The highest BCUT2D eigenvalue weighted by molar-refractivity contribution is 7.92. The zero-order valence-corrected chi connectivity index (χ0v) is 14.8. The first-order chi connectivity index (χ1) is 12.2. The molecule has 0 atom stereocenters. The molecule has 136 valence electrons. The number of hydrogen-bond donors (Lipinski definition) is 3. The largest absolute Gasteiger partial charge is 0.423 e. The zero-order chi connectivity index (χ0) is 18.9. The van der Waals surface area contributed by atoms with Gasteiger partial charge in [0.05, 0.1) is 23.0 Å². The van der Waals surface area contributed by atoms with Gasteiger partial charge in [-0.25, -0.2) is 23.4 Å². The number of sulfonamides is 1. The van der Waals surface area contributed by atoms with Gasteiger partial charge in [0.2, 0.25) is 10.0 Å². The van der Waals surface area contributed by atoms with E-state index in [1.165, 1.54) is 24.7 Å². The summed E-state index contributed by atoms with van der Waals surface area (Å²) in [7, 11) is -3.39. The van der Waals surface area contributed by atoms with E-state index in [0.29, 0.717) is 28.0 Å². The average Bonchev–Trinajstić information content (AvgIpc) is 2.57. The zero-order valence-electron chi connectivity index (χ0n) is 14.0. The maximum absolute atomic E-state index is 11.9. The fourth-order valence-electron chi connectivity index (χ4n) is 2.41. The number of hydrogen-bond acceptors (Lipinski definition) is 8. The van der Waals surface area contributed by atoms with Crippen molar-refractivity contribution in [2.75, 3.05) is 16.3 Å². The minimum Gasteiger partial charge on any atom is -0.423 e. The number of nitrogens with zero attached hydrogens (tertiary/aromatic N) is 4. The van der Waals surface area contributed by atoms with E-state index in [0.717, 1.165) is 11.8 Å². The molecular weight excluding hydrogens is 360 g/mol.